The molecule has 0 aliphatic heterocycles. The average molecular weight is 396 g/mol. The van der Waals surface area contributed by atoms with E-state index in [9.17, 15) is 4.79 Å². The van der Waals surface area contributed by atoms with E-state index in [0.717, 1.165) is 37.3 Å². The first-order valence-corrected chi connectivity index (χ1v) is 9.71. The molecular formula is C19H25Cl2N4O+. The first kappa shape index (κ1) is 19.2. The molecule has 1 aromatic heterocycles. The Hall–Kier alpha value is -1.56. The molecule has 0 radical (unpaired) electrons. The normalized spacial score (nSPS) is 14.0. The first-order valence-electron chi connectivity index (χ1n) is 8.96. The zero-order valence-electron chi connectivity index (χ0n) is 15.2. The Kier molecular flexibility index (Phi) is 6.22. The average Bonchev–Trinajstić information content (AvgIpc) is 3.36. The maximum absolute atomic E-state index is 12.6. The Morgan fingerprint density at radius 1 is 1.31 bits per heavy atom. The maximum atomic E-state index is 12.6. The number of carbonyl (C=O) groups excluding carboxylic acids is 1. The van der Waals surface area contributed by atoms with Crippen LogP contribution in [0.4, 0.5) is 0 Å². The summed E-state index contributed by atoms with van der Waals surface area (Å²) in [5.41, 5.74) is 1.05. The third-order valence-electron chi connectivity index (χ3n) is 4.59. The Morgan fingerprint density at radius 3 is 2.73 bits per heavy atom. The number of hydrogen-bond acceptors (Lipinski definition) is 2. The van der Waals surface area contributed by atoms with Crippen LogP contribution in [0.25, 0.3) is 0 Å². The smallest absolute Gasteiger partial charge is 0.226 e. The van der Waals surface area contributed by atoms with Crippen molar-refractivity contribution < 1.29 is 9.69 Å². The van der Waals surface area contributed by atoms with E-state index in [1.807, 2.05) is 23.2 Å². The molecular weight excluding hydrogens is 371 g/mol. The zero-order valence-corrected chi connectivity index (χ0v) is 16.7. The molecule has 1 aliphatic carbocycles. The van der Waals surface area contributed by atoms with E-state index in [1.165, 1.54) is 4.90 Å². The second-order valence-corrected chi connectivity index (χ2v) is 8.03. The molecule has 1 aliphatic rings. The van der Waals surface area contributed by atoms with Gasteiger partial charge in [0.25, 0.3) is 0 Å². The van der Waals surface area contributed by atoms with Crippen molar-refractivity contribution in [2.45, 2.75) is 25.9 Å². The van der Waals surface area contributed by atoms with Crippen LogP contribution in [0.5, 0.6) is 0 Å². The highest BCUT2D eigenvalue weighted by Crippen LogP contribution is 2.31. The van der Waals surface area contributed by atoms with Gasteiger partial charge in [0.05, 0.1) is 43.8 Å². The molecule has 0 saturated heterocycles. The summed E-state index contributed by atoms with van der Waals surface area (Å²) in [6.07, 6.45) is 5.75. The predicted molar refractivity (Wildman–Crippen MR) is 104 cm³/mol. The molecule has 140 valence electrons. The summed E-state index contributed by atoms with van der Waals surface area (Å²) in [5, 5.41) is 1.10. The molecule has 0 spiro atoms. The van der Waals surface area contributed by atoms with Crippen LogP contribution < -0.4 is 4.90 Å². The third kappa shape index (κ3) is 5.00. The Morgan fingerprint density at radius 2 is 2.08 bits per heavy atom. The largest absolute Gasteiger partial charge is 0.338 e. The van der Waals surface area contributed by atoms with Crippen molar-refractivity contribution in [3.63, 3.8) is 0 Å². The second kappa shape index (κ2) is 8.42. The van der Waals surface area contributed by atoms with Crippen molar-refractivity contribution in [2.75, 3.05) is 27.2 Å². The molecule has 0 bridgehead atoms. The van der Waals surface area contributed by atoms with Gasteiger partial charge in [-0.3, -0.25) is 4.79 Å². The molecule has 3 rings (SSSR count). The fourth-order valence-electron chi connectivity index (χ4n) is 2.86. The summed E-state index contributed by atoms with van der Waals surface area (Å²) in [5.74, 6) is 1.36. The van der Waals surface area contributed by atoms with Crippen molar-refractivity contribution in [3.05, 3.63) is 52.0 Å². The minimum absolute atomic E-state index is 0.214. The molecule has 0 atom stereocenters. The van der Waals surface area contributed by atoms with Crippen LogP contribution in [-0.4, -0.2) is 47.5 Å². The number of halogens is 2. The van der Waals surface area contributed by atoms with Crippen LogP contribution in [0.15, 0.2) is 30.6 Å². The van der Waals surface area contributed by atoms with Crippen LogP contribution in [0.2, 0.25) is 10.0 Å². The lowest BCUT2D eigenvalue weighted by Crippen LogP contribution is -3.06. The highest BCUT2D eigenvalue weighted by atomic mass is 35.5. The van der Waals surface area contributed by atoms with E-state index in [1.54, 1.807) is 12.3 Å². The fourth-order valence-corrected chi connectivity index (χ4v) is 3.18. The molecule has 0 unspecified atom stereocenters. The molecule has 26 heavy (non-hydrogen) atoms. The number of nitrogens with one attached hydrogen (secondary N) is 1. The van der Waals surface area contributed by atoms with Gasteiger partial charge in [-0.15, -0.1) is 0 Å². The van der Waals surface area contributed by atoms with Gasteiger partial charge in [-0.05, 0) is 30.5 Å². The number of carbonyl (C=O) groups is 1. The van der Waals surface area contributed by atoms with E-state index < -0.39 is 0 Å². The van der Waals surface area contributed by atoms with Gasteiger partial charge in [0.15, 0.2) is 0 Å². The molecule has 1 N–H and O–H groups in total. The van der Waals surface area contributed by atoms with Crippen LogP contribution in [0, 0.1) is 5.92 Å². The standard InChI is InChI=1S/C19H24Cl2N4O/c1-23(2)9-10-25(19(26)15-4-5-15)13-18-22-7-8-24(18)12-14-3-6-16(20)17(21)11-14/h3,6-8,11,15H,4-5,9-10,12-13H2,1-2H3/p+1. The van der Waals surface area contributed by atoms with Gasteiger partial charge in [-0.2, -0.15) is 0 Å². The number of benzene rings is 1. The number of rotatable bonds is 8. The third-order valence-corrected chi connectivity index (χ3v) is 5.33. The molecule has 1 aromatic carbocycles. The number of nitrogens with zero attached hydrogens (tertiary/aromatic N) is 3. The number of amides is 1. The summed E-state index contributed by atoms with van der Waals surface area (Å²) in [7, 11) is 4.20. The molecule has 1 fully saturated rings. The lowest BCUT2D eigenvalue weighted by molar-refractivity contribution is -0.857. The quantitative estimate of drug-likeness (QED) is 0.743. The molecule has 7 heteroatoms. The summed E-state index contributed by atoms with van der Waals surface area (Å²) < 4.78 is 2.06. The van der Waals surface area contributed by atoms with E-state index in [0.29, 0.717) is 23.1 Å². The SMILES string of the molecule is C[NH+](C)CCN(Cc1nccn1Cc1ccc(Cl)c(Cl)c1)C(=O)C1CC1. The van der Waals surface area contributed by atoms with E-state index in [-0.39, 0.29) is 11.8 Å². The lowest BCUT2D eigenvalue weighted by Gasteiger charge is -2.23. The van der Waals surface area contributed by atoms with E-state index in [4.69, 9.17) is 23.2 Å². The minimum Gasteiger partial charge on any atom is -0.338 e. The topological polar surface area (TPSA) is 42.6 Å². The summed E-state index contributed by atoms with van der Waals surface area (Å²) >= 11 is 12.1. The highest BCUT2D eigenvalue weighted by Gasteiger charge is 2.34. The number of hydrogen-bond donors (Lipinski definition) is 1. The van der Waals surface area contributed by atoms with Gasteiger partial charge < -0.3 is 14.4 Å². The van der Waals surface area contributed by atoms with Gasteiger partial charge in [0, 0.05) is 24.9 Å². The Labute approximate surface area is 164 Å². The molecule has 1 saturated carbocycles. The lowest BCUT2D eigenvalue weighted by atomic mass is 10.2. The van der Waals surface area contributed by atoms with Crippen molar-refractivity contribution in [2.24, 2.45) is 5.92 Å². The van der Waals surface area contributed by atoms with Gasteiger partial charge in [0.1, 0.15) is 5.82 Å². The van der Waals surface area contributed by atoms with Gasteiger partial charge in [0.2, 0.25) is 5.91 Å². The molecule has 2 aromatic rings. The van der Waals surface area contributed by atoms with E-state index >= 15 is 0 Å². The zero-order chi connectivity index (χ0) is 18.7. The fraction of sp³-hybridized carbons (Fsp3) is 0.474. The first-order chi connectivity index (χ1) is 12.4. The second-order valence-electron chi connectivity index (χ2n) is 7.21. The molecule has 5 nitrogen and oxygen atoms in total. The number of imidazole rings is 1. The molecule has 1 heterocycles. The monoisotopic (exact) mass is 395 g/mol. The van der Waals surface area contributed by atoms with Crippen LogP contribution in [-0.2, 0) is 17.9 Å². The number of aromatic nitrogens is 2. The maximum Gasteiger partial charge on any atom is 0.226 e. The van der Waals surface area contributed by atoms with E-state index in [2.05, 4.69) is 23.6 Å². The van der Waals surface area contributed by atoms with Gasteiger partial charge in [-0.1, -0.05) is 29.3 Å². The summed E-state index contributed by atoms with van der Waals surface area (Å²) in [6, 6.07) is 5.63. The minimum atomic E-state index is 0.214. The van der Waals surface area contributed by atoms with Crippen molar-refractivity contribution in [1.82, 2.24) is 14.5 Å². The van der Waals surface area contributed by atoms with Crippen LogP contribution in [0.1, 0.15) is 24.2 Å². The predicted octanol–water partition coefficient (Wildman–Crippen LogP) is 2.12. The van der Waals surface area contributed by atoms with Crippen molar-refractivity contribution in [3.8, 4) is 0 Å². The van der Waals surface area contributed by atoms with Crippen LogP contribution in [0.3, 0.4) is 0 Å². The Balaban J connectivity index is 1.72. The van der Waals surface area contributed by atoms with Gasteiger partial charge >= 0.3 is 0 Å². The Bertz CT molecular complexity index is 771. The number of likely N-dealkylation sites (N-methyl/N-ethyl adjacent to an activating group) is 1. The van der Waals surface area contributed by atoms with Crippen molar-refractivity contribution in [1.29, 1.82) is 0 Å². The summed E-state index contributed by atoms with van der Waals surface area (Å²) in [6.45, 7) is 2.86. The van der Waals surface area contributed by atoms with Crippen molar-refractivity contribution >= 4 is 29.1 Å². The summed E-state index contributed by atoms with van der Waals surface area (Å²) in [4.78, 5) is 20.4. The number of quaternary nitrogens is 1. The highest BCUT2D eigenvalue weighted by molar-refractivity contribution is 6.42. The molecule has 1 amide bonds. The van der Waals surface area contributed by atoms with Gasteiger partial charge in [-0.25, -0.2) is 4.98 Å². The van der Waals surface area contributed by atoms with Crippen LogP contribution >= 0.6 is 23.2 Å².